The largest absolute Gasteiger partial charge is 0.472 e. The van der Waals surface area contributed by atoms with Crippen LogP contribution in [0.4, 0.5) is 0 Å². The van der Waals surface area contributed by atoms with Crippen molar-refractivity contribution in [3.8, 4) is 0 Å². The van der Waals surface area contributed by atoms with Crippen LogP contribution in [-0.2, 0) is 65.4 Å². The molecule has 0 amide bonds. The number of phosphoric acid groups is 2. The van der Waals surface area contributed by atoms with Gasteiger partial charge in [0.25, 0.3) is 0 Å². The van der Waals surface area contributed by atoms with Crippen molar-refractivity contribution in [2.24, 2.45) is 23.7 Å². The zero-order valence-electron chi connectivity index (χ0n) is 63.0. The van der Waals surface area contributed by atoms with Crippen LogP contribution in [0, 0.1) is 23.7 Å². The molecule has 0 aromatic carbocycles. The lowest BCUT2D eigenvalue weighted by molar-refractivity contribution is -0.161. The number of aliphatic hydroxyl groups is 1. The molecule has 0 bridgehead atoms. The number of esters is 4. The molecule has 0 aliphatic carbocycles. The van der Waals surface area contributed by atoms with Crippen LogP contribution >= 0.6 is 15.6 Å². The average molecular weight is 1410 g/mol. The topological polar surface area (TPSA) is 237 Å². The van der Waals surface area contributed by atoms with Gasteiger partial charge in [-0.15, -0.1) is 0 Å². The van der Waals surface area contributed by atoms with Gasteiger partial charge in [-0.2, -0.15) is 0 Å². The van der Waals surface area contributed by atoms with Crippen molar-refractivity contribution in [2.45, 2.75) is 408 Å². The lowest BCUT2D eigenvalue weighted by atomic mass is 9.99. The van der Waals surface area contributed by atoms with Crippen LogP contribution in [0.15, 0.2) is 0 Å². The van der Waals surface area contributed by atoms with Crippen molar-refractivity contribution < 1.29 is 80.2 Å². The van der Waals surface area contributed by atoms with E-state index in [4.69, 9.17) is 37.0 Å². The maximum atomic E-state index is 13.1. The van der Waals surface area contributed by atoms with Crippen LogP contribution in [0.25, 0.3) is 0 Å². The third-order valence-electron chi connectivity index (χ3n) is 18.5. The number of rotatable bonds is 74. The van der Waals surface area contributed by atoms with Crippen LogP contribution in [0.2, 0.25) is 0 Å². The van der Waals surface area contributed by atoms with Crippen molar-refractivity contribution in [1.82, 2.24) is 0 Å². The fourth-order valence-electron chi connectivity index (χ4n) is 11.7. The Labute approximate surface area is 588 Å². The second-order valence-electron chi connectivity index (χ2n) is 29.2. The van der Waals surface area contributed by atoms with Crippen LogP contribution < -0.4 is 0 Å². The van der Waals surface area contributed by atoms with E-state index in [1.165, 1.54) is 186 Å². The number of carbonyl (C=O) groups excluding carboxylic acids is 4. The van der Waals surface area contributed by atoms with E-state index in [1.54, 1.807) is 0 Å². The molecule has 0 aliphatic heterocycles. The first-order chi connectivity index (χ1) is 46.2. The smallest absolute Gasteiger partial charge is 0.462 e. The SMILES string of the molecule is CCC(C)CCCCCCCCCCCCCCCCC(=O)O[C@H](COC(=O)CCCCCCCCCCCCCC(C)C)COP(=O)(O)OC[C@@H](O)COP(=O)(O)OC[C@@H](COC(=O)CCCCCCCCC(C)CC)OC(=O)CCCCCCCCCCCCCC(C)C. The minimum absolute atomic E-state index is 0.105. The molecule has 4 unspecified atom stereocenters. The molecule has 96 heavy (non-hydrogen) atoms. The van der Waals surface area contributed by atoms with E-state index < -0.39 is 97.5 Å². The molecule has 0 aliphatic rings. The molecule has 0 aromatic rings. The molecule has 19 heteroatoms. The lowest BCUT2D eigenvalue weighted by Crippen LogP contribution is -2.30. The Hall–Kier alpha value is -1.94. The summed E-state index contributed by atoms with van der Waals surface area (Å²) in [4.78, 5) is 72.9. The van der Waals surface area contributed by atoms with E-state index >= 15 is 0 Å². The molecule has 570 valence electrons. The minimum Gasteiger partial charge on any atom is -0.462 e. The lowest BCUT2D eigenvalue weighted by Gasteiger charge is -2.21. The quantitative estimate of drug-likeness (QED) is 0.0222. The molecule has 0 aromatic heterocycles. The van der Waals surface area contributed by atoms with Gasteiger partial charge in [0.15, 0.2) is 12.2 Å². The Morgan fingerprint density at radius 3 is 0.740 bits per heavy atom. The standard InChI is InChI=1S/C77H150O17P2/c1-9-69(7)55-47-39-31-25-19-13-11-12-14-20-27-33-43-51-59-76(81)93-72(63-87-74(79)57-49-41-32-26-21-15-17-23-29-37-45-53-67(3)4)65-91-95(83,84)89-61-71(78)62-90-96(85,86)92-66-73(64-88-75(80)58-50-42-36-35-40-48-56-70(8)10-2)94-77(82)60-52-44-34-28-22-16-18-24-30-38-46-54-68(5)6/h67-73,78H,9-66H2,1-8H3,(H,83,84)(H,85,86)/t69?,70?,71-,72-,73-/m1/s1. The van der Waals surface area contributed by atoms with E-state index in [9.17, 15) is 43.2 Å². The van der Waals surface area contributed by atoms with E-state index in [1.807, 2.05) is 0 Å². The third kappa shape index (κ3) is 67.9. The summed E-state index contributed by atoms with van der Waals surface area (Å²) in [6, 6.07) is 0. The molecule has 0 saturated heterocycles. The molecule has 0 spiro atoms. The Bertz CT molecular complexity index is 1890. The predicted molar refractivity (Wildman–Crippen MR) is 391 cm³/mol. The second kappa shape index (κ2) is 66.3. The second-order valence-corrected chi connectivity index (χ2v) is 32.1. The zero-order valence-corrected chi connectivity index (χ0v) is 64.8. The summed E-state index contributed by atoms with van der Waals surface area (Å²) in [7, 11) is -9.92. The first kappa shape index (κ1) is 94.1. The van der Waals surface area contributed by atoms with Gasteiger partial charge >= 0.3 is 39.5 Å². The molecule has 3 N–H and O–H groups in total. The van der Waals surface area contributed by atoms with Gasteiger partial charge in [0.2, 0.25) is 0 Å². The summed E-state index contributed by atoms with van der Waals surface area (Å²) in [5, 5.41) is 10.6. The average Bonchev–Trinajstić information content (AvgIpc) is 1.20. The fourth-order valence-corrected chi connectivity index (χ4v) is 13.2. The van der Waals surface area contributed by atoms with Gasteiger partial charge in [-0.05, 0) is 49.4 Å². The van der Waals surface area contributed by atoms with E-state index in [2.05, 4.69) is 55.4 Å². The highest BCUT2D eigenvalue weighted by Gasteiger charge is 2.30. The highest BCUT2D eigenvalue weighted by atomic mass is 31.2. The molecular weight excluding hydrogens is 1260 g/mol. The Kier molecular flexibility index (Phi) is 65.0. The van der Waals surface area contributed by atoms with Crippen molar-refractivity contribution in [3.63, 3.8) is 0 Å². The molecular formula is C77H150O17P2. The van der Waals surface area contributed by atoms with Gasteiger partial charge in [0.05, 0.1) is 26.4 Å². The van der Waals surface area contributed by atoms with Gasteiger partial charge in [-0.25, -0.2) is 9.13 Å². The fraction of sp³-hybridized carbons (Fsp3) is 0.948. The Balaban J connectivity index is 5.26. The number of hydrogen-bond donors (Lipinski definition) is 3. The maximum absolute atomic E-state index is 13.1. The maximum Gasteiger partial charge on any atom is 0.472 e. The number of phosphoric ester groups is 2. The Morgan fingerprint density at radius 2 is 0.500 bits per heavy atom. The van der Waals surface area contributed by atoms with Crippen LogP contribution in [0.5, 0.6) is 0 Å². The van der Waals surface area contributed by atoms with Crippen LogP contribution in [0.3, 0.4) is 0 Å². The molecule has 17 nitrogen and oxygen atoms in total. The normalized spacial score (nSPS) is 14.7. The number of unbranched alkanes of at least 4 members (excludes halogenated alkanes) is 38. The number of ether oxygens (including phenoxy) is 4. The molecule has 7 atom stereocenters. The van der Waals surface area contributed by atoms with Crippen molar-refractivity contribution in [3.05, 3.63) is 0 Å². The molecule has 0 rings (SSSR count). The molecule has 0 radical (unpaired) electrons. The van der Waals surface area contributed by atoms with Crippen molar-refractivity contribution >= 4 is 39.5 Å². The molecule has 0 saturated carbocycles. The molecule has 0 heterocycles. The first-order valence-corrected chi connectivity index (χ1v) is 42.8. The monoisotopic (exact) mass is 1410 g/mol. The summed E-state index contributed by atoms with van der Waals surface area (Å²) in [6.07, 6.45) is 51.2. The van der Waals surface area contributed by atoms with Crippen LogP contribution in [-0.4, -0.2) is 96.7 Å². The van der Waals surface area contributed by atoms with Gasteiger partial charge in [0, 0.05) is 25.7 Å². The third-order valence-corrected chi connectivity index (χ3v) is 20.4. The molecule has 0 fully saturated rings. The van der Waals surface area contributed by atoms with Crippen molar-refractivity contribution in [1.29, 1.82) is 0 Å². The summed E-state index contributed by atoms with van der Waals surface area (Å²) >= 11 is 0. The summed E-state index contributed by atoms with van der Waals surface area (Å²) in [5.41, 5.74) is 0. The summed E-state index contributed by atoms with van der Waals surface area (Å²) in [6.45, 7) is 14.2. The first-order valence-electron chi connectivity index (χ1n) is 39.8. The zero-order chi connectivity index (χ0) is 71.0. The summed E-state index contributed by atoms with van der Waals surface area (Å²) < 4.78 is 68.6. The highest BCUT2D eigenvalue weighted by Crippen LogP contribution is 2.45. The summed E-state index contributed by atoms with van der Waals surface area (Å²) in [5.74, 6) is 0.993. The van der Waals surface area contributed by atoms with Crippen molar-refractivity contribution in [2.75, 3.05) is 39.6 Å². The highest BCUT2D eigenvalue weighted by molar-refractivity contribution is 7.47. The number of aliphatic hydroxyl groups excluding tert-OH is 1. The number of carbonyl (C=O) groups is 4. The van der Waals surface area contributed by atoms with Gasteiger partial charge in [-0.3, -0.25) is 37.3 Å². The predicted octanol–water partition coefficient (Wildman–Crippen LogP) is 22.4. The van der Waals surface area contributed by atoms with E-state index in [0.29, 0.717) is 25.7 Å². The van der Waals surface area contributed by atoms with E-state index in [0.717, 1.165) is 120 Å². The number of hydrogen-bond acceptors (Lipinski definition) is 15. The van der Waals surface area contributed by atoms with Gasteiger partial charge < -0.3 is 33.8 Å². The van der Waals surface area contributed by atoms with Gasteiger partial charge in [0.1, 0.15) is 19.3 Å². The van der Waals surface area contributed by atoms with E-state index in [-0.39, 0.29) is 25.7 Å². The Morgan fingerprint density at radius 1 is 0.292 bits per heavy atom. The van der Waals surface area contributed by atoms with Gasteiger partial charge in [-0.1, -0.05) is 338 Å². The minimum atomic E-state index is -4.96. The van der Waals surface area contributed by atoms with Crippen LogP contribution in [0.1, 0.15) is 389 Å².